The van der Waals surface area contributed by atoms with Gasteiger partial charge in [-0.05, 0) is 42.8 Å². The van der Waals surface area contributed by atoms with Gasteiger partial charge in [0.1, 0.15) is 17.0 Å². The Morgan fingerprint density at radius 1 is 1.03 bits per heavy atom. The maximum Gasteiger partial charge on any atom is 0.291 e. The second-order valence-electron chi connectivity index (χ2n) is 9.02. The number of nitrogens with zero attached hydrogens (tertiary/aromatic N) is 3. The summed E-state index contributed by atoms with van der Waals surface area (Å²) < 4.78 is 12.8. The predicted octanol–water partition coefficient (Wildman–Crippen LogP) is 3.78. The lowest BCUT2D eigenvalue weighted by Gasteiger charge is -2.43. The maximum atomic E-state index is 13.9. The Kier molecular flexibility index (Phi) is 6.10. The van der Waals surface area contributed by atoms with E-state index < -0.39 is 5.54 Å². The van der Waals surface area contributed by atoms with Gasteiger partial charge in [0, 0.05) is 12.1 Å². The lowest BCUT2D eigenvalue weighted by molar-refractivity contribution is -0.133. The van der Waals surface area contributed by atoms with Crippen LogP contribution in [0.1, 0.15) is 28.7 Å². The van der Waals surface area contributed by atoms with Crippen LogP contribution in [-0.4, -0.2) is 46.0 Å². The van der Waals surface area contributed by atoms with Crippen molar-refractivity contribution < 1.29 is 19.1 Å². The zero-order valence-corrected chi connectivity index (χ0v) is 20.5. The van der Waals surface area contributed by atoms with Crippen LogP contribution in [0.5, 0.6) is 11.5 Å². The van der Waals surface area contributed by atoms with Gasteiger partial charge < -0.3 is 24.3 Å². The van der Waals surface area contributed by atoms with Gasteiger partial charge in [0.2, 0.25) is 5.91 Å². The second kappa shape index (κ2) is 9.37. The summed E-state index contributed by atoms with van der Waals surface area (Å²) in [4.78, 5) is 33.9. The number of amides is 2. The summed E-state index contributed by atoms with van der Waals surface area (Å²) in [6.45, 7) is 2.58. The SMILES string of the molecule is COc1ccc(OC)c(CN2C(=O)c3nc4ccccc4n3C[C@@]2(C)C(=O)NCc2ccccc2)c1. The Labute approximate surface area is 209 Å². The van der Waals surface area contributed by atoms with Crippen molar-refractivity contribution in [2.75, 3.05) is 14.2 Å². The molecule has 0 saturated heterocycles. The van der Waals surface area contributed by atoms with Crippen molar-refractivity contribution in [3.63, 3.8) is 0 Å². The highest BCUT2D eigenvalue weighted by atomic mass is 16.5. The van der Waals surface area contributed by atoms with Gasteiger partial charge in [-0.3, -0.25) is 9.59 Å². The number of carbonyl (C=O) groups is 2. The molecule has 5 rings (SSSR count). The molecule has 0 unspecified atom stereocenters. The second-order valence-corrected chi connectivity index (χ2v) is 9.02. The molecule has 1 N–H and O–H groups in total. The van der Waals surface area contributed by atoms with E-state index in [1.54, 1.807) is 38.2 Å². The summed E-state index contributed by atoms with van der Waals surface area (Å²) in [5.41, 5.74) is 2.06. The number of aromatic nitrogens is 2. The number of benzene rings is 3. The highest BCUT2D eigenvalue weighted by molar-refractivity contribution is 6.01. The molecule has 0 spiro atoms. The first-order valence-corrected chi connectivity index (χ1v) is 11.7. The van der Waals surface area contributed by atoms with Crippen molar-refractivity contribution in [1.29, 1.82) is 0 Å². The van der Waals surface area contributed by atoms with Crippen LogP contribution in [0, 0.1) is 0 Å². The molecule has 0 radical (unpaired) electrons. The number of rotatable bonds is 7. The molecule has 2 heterocycles. The summed E-state index contributed by atoms with van der Waals surface area (Å²) in [7, 11) is 3.16. The van der Waals surface area contributed by atoms with Crippen LogP contribution in [0.4, 0.5) is 0 Å². The van der Waals surface area contributed by atoms with Crippen molar-refractivity contribution in [3.05, 3.63) is 89.7 Å². The van der Waals surface area contributed by atoms with Crippen molar-refractivity contribution in [2.45, 2.75) is 32.1 Å². The van der Waals surface area contributed by atoms with Gasteiger partial charge in [-0.2, -0.15) is 0 Å². The third-order valence-electron chi connectivity index (χ3n) is 6.75. The Hall–Kier alpha value is -4.33. The van der Waals surface area contributed by atoms with Crippen LogP contribution in [0.25, 0.3) is 11.0 Å². The molecule has 184 valence electrons. The molecular weight excluding hydrogens is 456 g/mol. The molecule has 0 aliphatic carbocycles. The van der Waals surface area contributed by atoms with Crippen molar-refractivity contribution in [3.8, 4) is 11.5 Å². The van der Waals surface area contributed by atoms with E-state index in [2.05, 4.69) is 10.3 Å². The molecule has 1 aromatic heterocycles. The van der Waals surface area contributed by atoms with E-state index in [-0.39, 0.29) is 24.9 Å². The van der Waals surface area contributed by atoms with Gasteiger partial charge >= 0.3 is 0 Å². The number of nitrogens with one attached hydrogen (secondary N) is 1. The standard InChI is InChI=1S/C28H28N4O4/c1-28(27(34)29-16-19-9-5-4-6-10-19)18-31-23-12-8-7-11-22(23)30-25(31)26(33)32(28)17-20-15-21(35-2)13-14-24(20)36-3/h4-15H,16-18H2,1-3H3,(H,29,34)/t28-/m0/s1. The predicted molar refractivity (Wildman–Crippen MR) is 136 cm³/mol. The molecule has 0 fully saturated rings. The topological polar surface area (TPSA) is 85.7 Å². The number of para-hydroxylation sites is 2. The van der Waals surface area contributed by atoms with Crippen LogP contribution in [-0.2, 0) is 24.4 Å². The zero-order valence-electron chi connectivity index (χ0n) is 20.5. The molecule has 4 aromatic rings. The number of hydrogen-bond acceptors (Lipinski definition) is 5. The number of methoxy groups -OCH3 is 2. The monoisotopic (exact) mass is 484 g/mol. The van der Waals surface area contributed by atoms with E-state index in [0.717, 1.165) is 16.6 Å². The van der Waals surface area contributed by atoms with Gasteiger partial charge in [-0.1, -0.05) is 42.5 Å². The molecule has 1 aliphatic rings. The highest BCUT2D eigenvalue weighted by Gasteiger charge is 2.48. The molecule has 2 amide bonds. The number of fused-ring (bicyclic) bond motifs is 3. The molecule has 1 aliphatic heterocycles. The van der Waals surface area contributed by atoms with E-state index in [1.807, 2.05) is 65.2 Å². The minimum Gasteiger partial charge on any atom is -0.497 e. The Morgan fingerprint density at radius 2 is 1.78 bits per heavy atom. The fraction of sp³-hybridized carbons (Fsp3) is 0.250. The molecular formula is C28H28N4O4. The molecule has 3 aromatic carbocycles. The lowest BCUT2D eigenvalue weighted by Crippen LogP contribution is -2.63. The third kappa shape index (κ3) is 4.04. The molecule has 0 saturated carbocycles. The average molecular weight is 485 g/mol. The minimum absolute atomic E-state index is 0.150. The molecule has 8 nitrogen and oxygen atoms in total. The van der Waals surface area contributed by atoms with Crippen molar-refractivity contribution >= 4 is 22.8 Å². The third-order valence-corrected chi connectivity index (χ3v) is 6.75. The van der Waals surface area contributed by atoms with E-state index in [9.17, 15) is 9.59 Å². The number of ether oxygens (including phenoxy) is 2. The van der Waals surface area contributed by atoms with Gasteiger partial charge in [0.05, 0.1) is 38.3 Å². The molecule has 1 atom stereocenters. The lowest BCUT2D eigenvalue weighted by atomic mass is 9.94. The smallest absolute Gasteiger partial charge is 0.291 e. The summed E-state index contributed by atoms with van der Waals surface area (Å²) in [5, 5.41) is 3.05. The summed E-state index contributed by atoms with van der Waals surface area (Å²) in [5.74, 6) is 0.989. The fourth-order valence-corrected chi connectivity index (χ4v) is 4.72. The van der Waals surface area contributed by atoms with Crippen LogP contribution in [0.3, 0.4) is 0 Å². The van der Waals surface area contributed by atoms with E-state index in [1.165, 1.54) is 0 Å². The Bertz CT molecular complexity index is 1430. The average Bonchev–Trinajstić information content (AvgIpc) is 3.28. The quantitative estimate of drug-likeness (QED) is 0.432. The Morgan fingerprint density at radius 3 is 2.53 bits per heavy atom. The number of carbonyl (C=O) groups excluding carboxylic acids is 2. The van der Waals surface area contributed by atoms with Crippen LogP contribution in [0.15, 0.2) is 72.8 Å². The van der Waals surface area contributed by atoms with Gasteiger partial charge in [0.25, 0.3) is 5.91 Å². The highest BCUT2D eigenvalue weighted by Crippen LogP contribution is 2.34. The van der Waals surface area contributed by atoms with Gasteiger partial charge in [-0.15, -0.1) is 0 Å². The summed E-state index contributed by atoms with van der Waals surface area (Å²) in [6.07, 6.45) is 0. The van der Waals surface area contributed by atoms with Crippen LogP contribution in [0.2, 0.25) is 0 Å². The molecule has 8 heteroatoms. The first-order chi connectivity index (χ1) is 17.4. The normalized spacial score (nSPS) is 17.1. The van der Waals surface area contributed by atoms with Gasteiger partial charge in [0.15, 0.2) is 5.82 Å². The van der Waals surface area contributed by atoms with E-state index in [0.29, 0.717) is 29.4 Å². The van der Waals surface area contributed by atoms with E-state index in [4.69, 9.17) is 9.47 Å². The Balaban J connectivity index is 1.56. The largest absolute Gasteiger partial charge is 0.497 e. The summed E-state index contributed by atoms with van der Waals surface area (Å²) >= 11 is 0. The fourth-order valence-electron chi connectivity index (χ4n) is 4.72. The van der Waals surface area contributed by atoms with Crippen LogP contribution < -0.4 is 14.8 Å². The zero-order chi connectivity index (χ0) is 25.3. The van der Waals surface area contributed by atoms with Crippen molar-refractivity contribution in [2.24, 2.45) is 0 Å². The van der Waals surface area contributed by atoms with Gasteiger partial charge in [-0.25, -0.2) is 4.98 Å². The first kappa shape index (κ1) is 23.4. The number of imidazole rings is 1. The van der Waals surface area contributed by atoms with Crippen molar-refractivity contribution in [1.82, 2.24) is 19.8 Å². The maximum absolute atomic E-state index is 13.9. The molecule has 0 bridgehead atoms. The van der Waals surface area contributed by atoms with Crippen LogP contribution >= 0.6 is 0 Å². The number of hydrogen-bond donors (Lipinski definition) is 1. The first-order valence-electron chi connectivity index (χ1n) is 11.7. The van der Waals surface area contributed by atoms with E-state index >= 15 is 0 Å². The minimum atomic E-state index is -1.18. The summed E-state index contributed by atoms with van der Waals surface area (Å²) in [6, 6.07) is 22.7. The molecule has 36 heavy (non-hydrogen) atoms.